The van der Waals surface area contributed by atoms with Crippen LogP contribution in [-0.2, 0) is 9.47 Å². The first-order valence-corrected chi connectivity index (χ1v) is 10.7. The molecule has 0 amide bonds. The van der Waals surface area contributed by atoms with Gasteiger partial charge in [0.15, 0.2) is 0 Å². The van der Waals surface area contributed by atoms with Crippen LogP contribution in [0.15, 0.2) is 59.9 Å². The van der Waals surface area contributed by atoms with Crippen LogP contribution in [-0.4, -0.2) is 46.8 Å². The van der Waals surface area contributed by atoms with Crippen molar-refractivity contribution in [2.24, 2.45) is 5.92 Å². The third kappa shape index (κ3) is 5.41. The van der Waals surface area contributed by atoms with E-state index in [-0.39, 0.29) is 12.0 Å². The topological polar surface area (TPSA) is 66.4 Å². The summed E-state index contributed by atoms with van der Waals surface area (Å²) >= 11 is 0. The highest BCUT2D eigenvalue weighted by Gasteiger charge is 2.32. The van der Waals surface area contributed by atoms with Crippen LogP contribution in [0.3, 0.4) is 0 Å². The van der Waals surface area contributed by atoms with Gasteiger partial charge >= 0.3 is 0 Å². The number of methoxy groups -OCH3 is 5. The Morgan fingerprint density at radius 3 is 2.12 bits per heavy atom. The summed E-state index contributed by atoms with van der Waals surface area (Å²) in [4.78, 5) is 0. The van der Waals surface area contributed by atoms with Crippen LogP contribution >= 0.6 is 0 Å². The van der Waals surface area contributed by atoms with Crippen LogP contribution in [0.4, 0.5) is 0 Å². The monoisotopic (exact) mass is 452 g/mol. The third-order valence-corrected chi connectivity index (χ3v) is 5.93. The average Bonchev–Trinajstić information content (AvgIpc) is 2.86. The zero-order valence-corrected chi connectivity index (χ0v) is 20.0. The number of benzene rings is 2. The molecule has 1 aliphatic carbocycles. The van der Waals surface area contributed by atoms with E-state index in [1.54, 1.807) is 41.6 Å². The van der Waals surface area contributed by atoms with Crippen LogP contribution in [0.5, 0.6) is 17.2 Å². The largest absolute Gasteiger partial charge is 0.497 e. The second-order valence-electron chi connectivity index (χ2n) is 7.75. The van der Waals surface area contributed by atoms with E-state index in [1.807, 2.05) is 61.6 Å². The molecule has 0 aromatic heterocycles. The van der Waals surface area contributed by atoms with Gasteiger partial charge in [0.05, 0.1) is 34.5 Å². The van der Waals surface area contributed by atoms with Crippen LogP contribution < -0.4 is 14.2 Å². The molecule has 176 valence electrons. The average molecular weight is 453 g/mol. The second-order valence-corrected chi connectivity index (χ2v) is 7.75. The summed E-state index contributed by atoms with van der Waals surface area (Å²) in [7, 11) is 8.08. The van der Waals surface area contributed by atoms with Gasteiger partial charge < -0.3 is 28.8 Å². The molecular weight excluding hydrogens is 420 g/mol. The van der Waals surface area contributed by atoms with Crippen molar-refractivity contribution in [3.05, 3.63) is 76.6 Å². The normalized spacial score (nSPS) is 19.0. The summed E-state index contributed by atoms with van der Waals surface area (Å²) in [6.45, 7) is 2.02. The molecule has 2 aromatic rings. The van der Waals surface area contributed by atoms with Crippen molar-refractivity contribution in [2.45, 2.75) is 19.1 Å². The van der Waals surface area contributed by atoms with Crippen molar-refractivity contribution in [1.82, 2.24) is 0 Å². The first-order valence-electron chi connectivity index (χ1n) is 10.7. The van der Waals surface area contributed by atoms with E-state index in [1.165, 1.54) is 0 Å². The second kappa shape index (κ2) is 11.1. The van der Waals surface area contributed by atoms with Gasteiger partial charge in [-0.05, 0) is 47.1 Å². The summed E-state index contributed by atoms with van der Waals surface area (Å²) in [5.41, 5.74) is 3.20. The molecule has 33 heavy (non-hydrogen) atoms. The molecule has 3 unspecified atom stereocenters. The highest BCUT2D eigenvalue weighted by atomic mass is 16.5. The molecule has 0 spiro atoms. The summed E-state index contributed by atoms with van der Waals surface area (Å²) in [5.74, 6) is 2.55. The quantitative estimate of drug-likeness (QED) is 0.538. The molecule has 0 saturated carbocycles. The summed E-state index contributed by atoms with van der Waals surface area (Å²) in [5, 5.41) is 11.6. The molecule has 3 rings (SSSR count). The van der Waals surface area contributed by atoms with Crippen LogP contribution in [0.1, 0.15) is 29.7 Å². The van der Waals surface area contributed by atoms with E-state index in [0.717, 1.165) is 22.4 Å². The van der Waals surface area contributed by atoms with Gasteiger partial charge in [-0.3, -0.25) is 0 Å². The van der Waals surface area contributed by atoms with E-state index >= 15 is 0 Å². The Balaban J connectivity index is 2.08. The first-order chi connectivity index (χ1) is 15.9. The molecule has 0 aliphatic heterocycles. The molecular formula is C27H32O6. The van der Waals surface area contributed by atoms with Crippen LogP contribution in [0.25, 0.3) is 12.2 Å². The van der Waals surface area contributed by atoms with Crippen LogP contribution in [0.2, 0.25) is 0 Å². The van der Waals surface area contributed by atoms with Gasteiger partial charge in [-0.15, -0.1) is 0 Å². The van der Waals surface area contributed by atoms with E-state index in [2.05, 4.69) is 0 Å². The van der Waals surface area contributed by atoms with Gasteiger partial charge in [0.25, 0.3) is 0 Å². The number of ether oxygens (including phenoxy) is 5. The van der Waals surface area contributed by atoms with E-state index in [0.29, 0.717) is 22.8 Å². The fourth-order valence-corrected chi connectivity index (χ4v) is 3.97. The zero-order chi connectivity index (χ0) is 24.0. The Labute approximate surface area is 195 Å². The molecule has 3 atom stereocenters. The lowest BCUT2D eigenvalue weighted by molar-refractivity contribution is 0.0866. The third-order valence-electron chi connectivity index (χ3n) is 5.93. The molecule has 0 saturated heterocycles. The maximum Gasteiger partial charge on any atom is 0.129 e. The molecule has 6 heteroatoms. The maximum atomic E-state index is 11.6. The van der Waals surface area contributed by atoms with Crippen molar-refractivity contribution in [3.63, 3.8) is 0 Å². The number of hydrogen-bond acceptors (Lipinski definition) is 6. The predicted molar refractivity (Wildman–Crippen MR) is 130 cm³/mol. The summed E-state index contributed by atoms with van der Waals surface area (Å²) in [6, 6.07) is 11.4. The molecule has 6 nitrogen and oxygen atoms in total. The van der Waals surface area contributed by atoms with Crippen molar-refractivity contribution >= 4 is 12.2 Å². The molecule has 0 bridgehead atoms. The Morgan fingerprint density at radius 1 is 0.848 bits per heavy atom. The highest BCUT2D eigenvalue weighted by molar-refractivity contribution is 5.74. The minimum atomic E-state index is -0.937. The fraction of sp³-hybridized carbons (Fsp3) is 0.333. The standard InChI is InChI=1S/C27H32O6/c1-17-23(14-22(31-4)15-24(17)32-5)27(28)26-19(13-21(30-3)16-25(26)33-6)10-7-18-8-11-20(29-2)12-9-18/h7-17,24,27-28H,1-6H3/b10-7+. The van der Waals surface area contributed by atoms with E-state index < -0.39 is 6.10 Å². The predicted octanol–water partition coefficient (Wildman–Crippen LogP) is 5.04. The van der Waals surface area contributed by atoms with E-state index in [9.17, 15) is 5.11 Å². The van der Waals surface area contributed by atoms with Gasteiger partial charge in [0.2, 0.25) is 0 Å². The van der Waals surface area contributed by atoms with E-state index in [4.69, 9.17) is 23.7 Å². The number of aliphatic hydroxyl groups excluding tert-OH is 1. The minimum Gasteiger partial charge on any atom is -0.497 e. The Bertz CT molecular complexity index is 1040. The lowest BCUT2D eigenvalue weighted by Gasteiger charge is -2.31. The molecule has 2 aromatic carbocycles. The minimum absolute atomic E-state index is 0.0610. The number of rotatable bonds is 9. The molecule has 0 radical (unpaired) electrons. The maximum absolute atomic E-state index is 11.6. The van der Waals surface area contributed by atoms with Gasteiger partial charge in [0.1, 0.15) is 29.1 Å². The fourth-order valence-electron chi connectivity index (χ4n) is 3.97. The molecule has 1 aliphatic rings. The molecule has 0 heterocycles. The van der Waals surface area contributed by atoms with Crippen molar-refractivity contribution in [3.8, 4) is 17.2 Å². The lowest BCUT2D eigenvalue weighted by atomic mass is 9.82. The van der Waals surface area contributed by atoms with Gasteiger partial charge in [-0.2, -0.15) is 0 Å². The number of allylic oxidation sites excluding steroid dienone is 1. The Kier molecular flexibility index (Phi) is 8.20. The summed E-state index contributed by atoms with van der Waals surface area (Å²) in [6.07, 6.45) is 6.55. The van der Waals surface area contributed by atoms with Crippen LogP contribution in [0, 0.1) is 5.92 Å². The lowest BCUT2D eigenvalue weighted by Crippen LogP contribution is -2.27. The smallest absolute Gasteiger partial charge is 0.129 e. The Hall–Kier alpha value is -3.22. The van der Waals surface area contributed by atoms with Gasteiger partial charge in [0, 0.05) is 24.7 Å². The SMILES string of the molecule is COC1=CC(OC)C(C)C(C(O)c2c(/C=C/c3ccc(OC)cc3)cc(OC)cc2OC)=C1. The number of hydrogen-bond donors (Lipinski definition) is 1. The molecule has 0 fully saturated rings. The summed E-state index contributed by atoms with van der Waals surface area (Å²) < 4.78 is 27.4. The van der Waals surface area contributed by atoms with Crippen molar-refractivity contribution in [2.75, 3.05) is 35.5 Å². The van der Waals surface area contributed by atoms with Crippen molar-refractivity contribution in [1.29, 1.82) is 0 Å². The highest BCUT2D eigenvalue weighted by Crippen LogP contribution is 2.42. The van der Waals surface area contributed by atoms with Gasteiger partial charge in [-0.1, -0.05) is 31.2 Å². The van der Waals surface area contributed by atoms with Gasteiger partial charge in [-0.25, -0.2) is 0 Å². The zero-order valence-electron chi connectivity index (χ0n) is 20.0. The number of aliphatic hydroxyl groups is 1. The Morgan fingerprint density at radius 2 is 1.55 bits per heavy atom. The molecule has 1 N–H and O–H groups in total. The first kappa shape index (κ1) is 24.4. The van der Waals surface area contributed by atoms with Crippen molar-refractivity contribution < 1.29 is 28.8 Å².